The Labute approximate surface area is 232 Å². The SMILES string of the molecule is CN(c1ccc(F)cc1)S(=O)(=O)NC(=O)C12CC1/C=C/CCCCCC(OC(N)=O)C(=O)N1CCCC1C(=O)N2. The van der Waals surface area contributed by atoms with Crippen molar-refractivity contribution in [2.24, 2.45) is 11.7 Å². The minimum atomic E-state index is -4.40. The van der Waals surface area contributed by atoms with Gasteiger partial charge in [0.05, 0.1) is 5.69 Å². The van der Waals surface area contributed by atoms with Crippen LogP contribution in [0.25, 0.3) is 0 Å². The van der Waals surface area contributed by atoms with E-state index in [4.69, 9.17) is 10.5 Å². The summed E-state index contributed by atoms with van der Waals surface area (Å²) < 4.78 is 47.3. The second-order valence-corrected chi connectivity index (χ2v) is 12.0. The van der Waals surface area contributed by atoms with Gasteiger partial charge in [0.1, 0.15) is 17.4 Å². The molecule has 12 nitrogen and oxygen atoms in total. The number of carbonyl (C=O) groups excluding carboxylic acids is 4. The number of halogens is 1. The Kier molecular flexibility index (Phi) is 8.66. The summed E-state index contributed by atoms with van der Waals surface area (Å²) in [5, 5.41) is 2.73. The van der Waals surface area contributed by atoms with Crippen molar-refractivity contribution in [3.63, 3.8) is 0 Å². The molecular formula is C26H34FN5O7S. The summed E-state index contributed by atoms with van der Waals surface area (Å²) in [6.07, 6.45) is 5.56. The maximum absolute atomic E-state index is 13.5. The first-order valence-corrected chi connectivity index (χ1v) is 14.7. The minimum absolute atomic E-state index is 0.130. The van der Waals surface area contributed by atoms with Crippen LogP contribution in [0.2, 0.25) is 0 Å². The molecule has 14 heteroatoms. The summed E-state index contributed by atoms with van der Waals surface area (Å²) in [5.74, 6) is -3.05. The number of fused-ring (bicyclic) bond motifs is 2. The average molecular weight is 580 g/mol. The van der Waals surface area contributed by atoms with Gasteiger partial charge in [-0.3, -0.25) is 18.7 Å². The monoisotopic (exact) mass is 579 g/mol. The average Bonchev–Trinajstić information content (AvgIpc) is 3.36. The van der Waals surface area contributed by atoms with E-state index in [1.54, 1.807) is 6.08 Å². The number of hydrogen-bond acceptors (Lipinski definition) is 7. The molecule has 4 amide bonds. The molecule has 1 saturated heterocycles. The van der Waals surface area contributed by atoms with Crippen molar-refractivity contribution in [3.05, 3.63) is 42.2 Å². The molecule has 2 fully saturated rings. The number of nitrogens with two attached hydrogens (primary N) is 1. The number of hydrogen-bond donors (Lipinski definition) is 3. The molecule has 0 bridgehead atoms. The first kappa shape index (κ1) is 29.3. The number of carbonyl (C=O) groups is 4. The lowest BCUT2D eigenvalue weighted by molar-refractivity contribution is -0.146. The van der Waals surface area contributed by atoms with Crippen molar-refractivity contribution in [1.82, 2.24) is 14.9 Å². The molecule has 4 atom stereocenters. The highest BCUT2D eigenvalue weighted by atomic mass is 32.2. The molecule has 0 radical (unpaired) electrons. The number of nitrogens with one attached hydrogen (secondary N) is 2. The molecule has 1 aromatic rings. The molecule has 4 rings (SSSR count). The zero-order valence-electron chi connectivity index (χ0n) is 22.2. The van der Waals surface area contributed by atoms with Crippen molar-refractivity contribution in [1.29, 1.82) is 0 Å². The van der Waals surface area contributed by atoms with Gasteiger partial charge in [0.2, 0.25) is 5.91 Å². The fourth-order valence-corrected chi connectivity index (χ4v) is 6.19. The maximum Gasteiger partial charge on any atom is 0.405 e. The number of primary amides is 1. The molecular weight excluding hydrogens is 545 g/mol. The zero-order valence-corrected chi connectivity index (χ0v) is 23.0. The van der Waals surface area contributed by atoms with Crippen molar-refractivity contribution in [2.45, 2.75) is 69.1 Å². The van der Waals surface area contributed by atoms with Gasteiger partial charge in [-0.1, -0.05) is 18.6 Å². The van der Waals surface area contributed by atoms with E-state index in [9.17, 15) is 32.0 Å². The van der Waals surface area contributed by atoms with Gasteiger partial charge in [0.25, 0.3) is 11.8 Å². The highest BCUT2D eigenvalue weighted by molar-refractivity contribution is 7.91. The van der Waals surface area contributed by atoms with Crippen LogP contribution in [0.1, 0.15) is 51.4 Å². The molecule has 1 aliphatic carbocycles. The predicted octanol–water partition coefficient (Wildman–Crippen LogP) is 1.47. The maximum atomic E-state index is 13.5. The van der Waals surface area contributed by atoms with Crippen LogP contribution in [0.4, 0.5) is 14.9 Å². The van der Waals surface area contributed by atoms with Crippen molar-refractivity contribution in [3.8, 4) is 0 Å². The number of nitrogens with zero attached hydrogens (tertiary/aromatic N) is 2. The summed E-state index contributed by atoms with van der Waals surface area (Å²) in [5.41, 5.74) is 3.78. The number of rotatable bonds is 5. The van der Waals surface area contributed by atoms with Gasteiger partial charge in [0, 0.05) is 19.5 Å². The molecule has 0 aromatic heterocycles. The third-order valence-corrected chi connectivity index (χ3v) is 8.99. The van der Waals surface area contributed by atoms with Crippen LogP contribution in [0.15, 0.2) is 36.4 Å². The predicted molar refractivity (Wildman–Crippen MR) is 142 cm³/mol. The lowest BCUT2D eigenvalue weighted by Crippen LogP contribution is -2.58. The molecule has 1 aromatic carbocycles. The van der Waals surface area contributed by atoms with Crippen LogP contribution < -0.4 is 20.1 Å². The fourth-order valence-electron chi connectivity index (χ4n) is 5.24. The molecule has 40 heavy (non-hydrogen) atoms. The van der Waals surface area contributed by atoms with E-state index in [0.717, 1.165) is 29.3 Å². The van der Waals surface area contributed by atoms with Gasteiger partial charge in [-0.05, 0) is 69.2 Å². The number of ether oxygens (including phenoxy) is 1. The highest BCUT2D eigenvalue weighted by Crippen LogP contribution is 2.45. The second kappa shape index (κ2) is 11.8. The van der Waals surface area contributed by atoms with Gasteiger partial charge in [-0.2, -0.15) is 8.42 Å². The van der Waals surface area contributed by atoms with Crippen LogP contribution in [-0.2, 0) is 29.3 Å². The molecule has 3 aliphatic rings. The van der Waals surface area contributed by atoms with Gasteiger partial charge in [-0.15, -0.1) is 0 Å². The van der Waals surface area contributed by atoms with E-state index >= 15 is 0 Å². The molecule has 1 saturated carbocycles. The second-order valence-electron chi connectivity index (χ2n) is 10.3. The van der Waals surface area contributed by atoms with Gasteiger partial charge < -0.3 is 20.7 Å². The van der Waals surface area contributed by atoms with Crippen LogP contribution >= 0.6 is 0 Å². The number of benzene rings is 1. The molecule has 218 valence electrons. The van der Waals surface area contributed by atoms with E-state index in [-0.39, 0.29) is 25.1 Å². The summed E-state index contributed by atoms with van der Waals surface area (Å²) in [4.78, 5) is 53.0. The summed E-state index contributed by atoms with van der Waals surface area (Å²) in [6.45, 7) is 0.259. The Morgan fingerprint density at radius 1 is 1.15 bits per heavy atom. The van der Waals surface area contributed by atoms with E-state index in [1.807, 2.05) is 10.8 Å². The van der Waals surface area contributed by atoms with Crippen LogP contribution in [0.5, 0.6) is 0 Å². The summed E-state index contributed by atoms with van der Waals surface area (Å²) in [6, 6.07) is 3.78. The van der Waals surface area contributed by atoms with Crippen LogP contribution in [0.3, 0.4) is 0 Å². The van der Waals surface area contributed by atoms with E-state index in [0.29, 0.717) is 25.7 Å². The summed E-state index contributed by atoms with van der Waals surface area (Å²) >= 11 is 0. The Balaban J connectivity index is 1.57. The first-order valence-electron chi connectivity index (χ1n) is 13.3. The van der Waals surface area contributed by atoms with Crippen molar-refractivity contribution >= 4 is 39.7 Å². The van der Waals surface area contributed by atoms with Crippen molar-refractivity contribution < 1.29 is 36.7 Å². The van der Waals surface area contributed by atoms with Gasteiger partial charge >= 0.3 is 16.3 Å². The number of amides is 4. The number of anilines is 1. The molecule has 0 spiro atoms. The minimum Gasteiger partial charge on any atom is -0.436 e. The molecule has 4 unspecified atom stereocenters. The standard InChI is InChI=1S/C26H34FN5O7S/c1-31(19-13-11-18(27)12-14-19)40(37,38)30-24(35)26-16-17(26)8-5-3-2-4-6-10-21(39-25(28)36)23(34)32-15-7-9-20(32)22(33)29-26/h5,8,11-14,17,20-21H,2-4,6-7,9-10,15-16H2,1H3,(H2,28,36)(H,29,33)(H,30,35)/b8-5+. The zero-order chi connectivity index (χ0) is 29.1. The number of allylic oxidation sites excluding steroid dienone is 1. The lowest BCUT2D eigenvalue weighted by atomic mass is 10.1. The van der Waals surface area contributed by atoms with Crippen LogP contribution in [0, 0.1) is 11.7 Å². The van der Waals surface area contributed by atoms with E-state index < -0.39 is 63.4 Å². The highest BCUT2D eigenvalue weighted by Gasteiger charge is 2.61. The first-order chi connectivity index (χ1) is 18.9. The Morgan fingerprint density at radius 3 is 2.58 bits per heavy atom. The largest absolute Gasteiger partial charge is 0.436 e. The quantitative estimate of drug-likeness (QED) is 0.444. The lowest BCUT2D eigenvalue weighted by Gasteiger charge is -2.29. The Morgan fingerprint density at radius 2 is 1.88 bits per heavy atom. The van der Waals surface area contributed by atoms with Crippen molar-refractivity contribution in [2.75, 3.05) is 17.9 Å². The van der Waals surface area contributed by atoms with E-state index in [2.05, 4.69) is 5.32 Å². The topological polar surface area (TPSA) is 168 Å². The summed E-state index contributed by atoms with van der Waals surface area (Å²) in [7, 11) is -3.19. The Hall–Kier alpha value is -3.68. The van der Waals surface area contributed by atoms with E-state index in [1.165, 1.54) is 24.1 Å². The Bertz CT molecular complexity index is 1290. The molecule has 2 heterocycles. The van der Waals surface area contributed by atoms with Gasteiger partial charge in [-0.25, -0.2) is 13.9 Å². The normalized spacial score (nSPS) is 28.1. The third-order valence-electron chi connectivity index (χ3n) is 7.62. The third kappa shape index (κ3) is 6.37. The van der Waals surface area contributed by atoms with Gasteiger partial charge in [0.15, 0.2) is 6.10 Å². The fraction of sp³-hybridized carbons (Fsp3) is 0.538. The van der Waals surface area contributed by atoms with Crippen LogP contribution in [-0.4, -0.2) is 68.4 Å². The molecule has 4 N–H and O–H groups in total. The smallest absolute Gasteiger partial charge is 0.405 e. The molecule has 2 aliphatic heterocycles.